The molecule has 1 aromatic rings. The lowest BCUT2D eigenvalue weighted by molar-refractivity contribution is -0.116. The minimum absolute atomic E-state index is 0.117. The van der Waals surface area contributed by atoms with E-state index in [1.54, 1.807) is 0 Å². The normalized spacial score (nSPS) is 16.4. The summed E-state index contributed by atoms with van der Waals surface area (Å²) in [6, 6.07) is 4.32. The van der Waals surface area contributed by atoms with Gasteiger partial charge in [-0.1, -0.05) is 18.7 Å². The van der Waals surface area contributed by atoms with Crippen molar-refractivity contribution in [1.29, 1.82) is 0 Å². The highest BCUT2D eigenvalue weighted by Gasteiger charge is 2.23. The molecule has 114 valence electrons. The van der Waals surface area contributed by atoms with Gasteiger partial charge in [0.1, 0.15) is 18.5 Å². The van der Waals surface area contributed by atoms with E-state index in [1.807, 2.05) is 0 Å². The van der Waals surface area contributed by atoms with Gasteiger partial charge in [0.2, 0.25) is 5.91 Å². The summed E-state index contributed by atoms with van der Waals surface area (Å²) < 4.78 is 11.0. The molecule has 4 nitrogen and oxygen atoms in total. The van der Waals surface area contributed by atoms with Gasteiger partial charge in [0, 0.05) is 6.54 Å². The van der Waals surface area contributed by atoms with E-state index in [1.165, 1.54) is 11.6 Å². The van der Waals surface area contributed by atoms with Gasteiger partial charge in [0.25, 0.3) is 0 Å². The first-order valence-electron chi connectivity index (χ1n) is 7.35. The van der Waals surface area contributed by atoms with Crippen LogP contribution in [0.1, 0.15) is 23.1 Å². The fraction of sp³-hybridized carbons (Fsp3) is 0.471. The maximum atomic E-state index is 11.1. The number of aryl methyl sites for hydroxylation is 3. The molecule has 1 aromatic carbocycles. The Morgan fingerprint density at radius 2 is 2.14 bits per heavy atom. The van der Waals surface area contributed by atoms with E-state index >= 15 is 0 Å². The van der Waals surface area contributed by atoms with Crippen molar-refractivity contribution < 1.29 is 14.3 Å². The Hall–Kier alpha value is -1.81. The van der Waals surface area contributed by atoms with Crippen molar-refractivity contribution in [3.8, 4) is 5.75 Å². The summed E-state index contributed by atoms with van der Waals surface area (Å²) in [6.07, 6.45) is 3.42. The van der Waals surface area contributed by atoms with Gasteiger partial charge in [0.15, 0.2) is 0 Å². The van der Waals surface area contributed by atoms with Crippen molar-refractivity contribution in [2.75, 3.05) is 19.8 Å². The van der Waals surface area contributed by atoms with E-state index in [2.05, 4.69) is 37.9 Å². The zero-order valence-electron chi connectivity index (χ0n) is 12.8. The average Bonchev–Trinajstić information content (AvgIpc) is 3.26. The molecule has 0 spiro atoms. The molecule has 1 atom stereocenters. The van der Waals surface area contributed by atoms with Crippen LogP contribution in [0.5, 0.6) is 5.75 Å². The van der Waals surface area contributed by atoms with Gasteiger partial charge < -0.3 is 14.8 Å². The summed E-state index contributed by atoms with van der Waals surface area (Å²) in [4.78, 5) is 11.1. The van der Waals surface area contributed by atoms with Crippen molar-refractivity contribution in [3.05, 3.63) is 41.5 Å². The zero-order chi connectivity index (χ0) is 15.2. The molecule has 0 radical (unpaired) electrons. The fourth-order valence-corrected chi connectivity index (χ4v) is 2.33. The van der Waals surface area contributed by atoms with E-state index in [4.69, 9.17) is 9.47 Å². The van der Waals surface area contributed by atoms with Crippen molar-refractivity contribution in [3.63, 3.8) is 0 Å². The van der Waals surface area contributed by atoms with E-state index < -0.39 is 0 Å². The Labute approximate surface area is 126 Å². The molecule has 0 aromatic heterocycles. The average molecular weight is 289 g/mol. The summed E-state index contributed by atoms with van der Waals surface area (Å²) in [5.41, 5.74) is 3.58. The Bertz CT molecular complexity index is 498. The van der Waals surface area contributed by atoms with Crippen LogP contribution in [0.3, 0.4) is 0 Å². The second-order valence-corrected chi connectivity index (χ2v) is 5.42. The number of rotatable bonds is 8. The quantitative estimate of drug-likeness (QED) is 0.454. The fourth-order valence-electron chi connectivity index (χ4n) is 2.33. The highest BCUT2D eigenvalue weighted by molar-refractivity contribution is 5.86. The summed E-state index contributed by atoms with van der Waals surface area (Å²) in [6.45, 7) is 9.68. The smallest absolute Gasteiger partial charge is 0.243 e. The van der Waals surface area contributed by atoms with E-state index in [9.17, 15) is 4.79 Å². The standard InChI is InChI=1S/C17H23NO3/c1-4-16(19)18-7-5-6-14-8-12(2)17(13(3)9-14)21-11-15-10-20-15/h4,8-9,15H,1,5-7,10-11H2,2-3H3,(H,18,19). The number of benzene rings is 1. The molecule has 2 rings (SSSR count). The lowest BCUT2D eigenvalue weighted by Crippen LogP contribution is -2.22. The van der Waals surface area contributed by atoms with Crippen LogP contribution < -0.4 is 10.1 Å². The van der Waals surface area contributed by atoms with Crippen molar-refractivity contribution in [2.45, 2.75) is 32.8 Å². The number of epoxide rings is 1. The van der Waals surface area contributed by atoms with Crippen LogP contribution in [0.15, 0.2) is 24.8 Å². The molecule has 1 fully saturated rings. The predicted octanol–water partition coefficient (Wildman–Crippen LogP) is 2.32. The van der Waals surface area contributed by atoms with Gasteiger partial charge in [-0.25, -0.2) is 0 Å². The molecule has 0 aliphatic carbocycles. The highest BCUT2D eigenvalue weighted by atomic mass is 16.6. The molecule has 1 aliphatic rings. The second-order valence-electron chi connectivity index (χ2n) is 5.42. The Morgan fingerprint density at radius 1 is 1.48 bits per heavy atom. The summed E-state index contributed by atoms with van der Waals surface area (Å²) in [7, 11) is 0. The zero-order valence-corrected chi connectivity index (χ0v) is 12.8. The number of ether oxygens (including phenoxy) is 2. The van der Waals surface area contributed by atoms with Crippen LogP contribution >= 0.6 is 0 Å². The summed E-state index contributed by atoms with van der Waals surface area (Å²) in [5, 5.41) is 2.79. The number of nitrogens with one attached hydrogen (secondary N) is 1. The lowest BCUT2D eigenvalue weighted by atomic mass is 10.0. The first kappa shape index (κ1) is 15.6. The molecule has 0 saturated carbocycles. The third-order valence-corrected chi connectivity index (χ3v) is 3.46. The molecule has 0 bridgehead atoms. The third kappa shape index (κ3) is 4.90. The molecule has 1 unspecified atom stereocenters. The Balaban J connectivity index is 1.85. The molecular weight excluding hydrogens is 266 g/mol. The van der Waals surface area contributed by atoms with Crippen molar-refractivity contribution in [2.24, 2.45) is 0 Å². The van der Waals surface area contributed by atoms with Crippen LogP contribution in [-0.4, -0.2) is 31.8 Å². The molecule has 1 heterocycles. The van der Waals surface area contributed by atoms with Gasteiger partial charge in [-0.2, -0.15) is 0 Å². The molecule has 21 heavy (non-hydrogen) atoms. The van der Waals surface area contributed by atoms with E-state index in [-0.39, 0.29) is 12.0 Å². The molecule has 1 aliphatic heterocycles. The molecular formula is C17H23NO3. The van der Waals surface area contributed by atoms with Crippen molar-refractivity contribution in [1.82, 2.24) is 5.32 Å². The number of carbonyl (C=O) groups excluding carboxylic acids is 1. The molecule has 1 amide bonds. The van der Waals surface area contributed by atoms with Gasteiger partial charge >= 0.3 is 0 Å². The number of carbonyl (C=O) groups is 1. The van der Waals surface area contributed by atoms with E-state index in [0.717, 1.165) is 36.3 Å². The minimum Gasteiger partial charge on any atom is -0.490 e. The molecule has 1 N–H and O–H groups in total. The summed E-state index contributed by atoms with van der Waals surface area (Å²) in [5.74, 6) is 0.850. The highest BCUT2D eigenvalue weighted by Crippen LogP contribution is 2.26. The molecule has 1 saturated heterocycles. The Morgan fingerprint density at radius 3 is 2.71 bits per heavy atom. The van der Waals surface area contributed by atoms with Crippen LogP contribution in [-0.2, 0) is 16.0 Å². The number of hydrogen-bond donors (Lipinski definition) is 1. The maximum absolute atomic E-state index is 11.1. The van der Waals surface area contributed by atoms with Gasteiger partial charge in [-0.15, -0.1) is 0 Å². The lowest BCUT2D eigenvalue weighted by Gasteiger charge is -2.13. The van der Waals surface area contributed by atoms with Gasteiger partial charge in [-0.05, 0) is 49.5 Å². The summed E-state index contributed by atoms with van der Waals surface area (Å²) >= 11 is 0. The first-order valence-corrected chi connectivity index (χ1v) is 7.35. The van der Waals surface area contributed by atoms with E-state index in [0.29, 0.717) is 13.2 Å². The second kappa shape index (κ2) is 7.27. The number of amides is 1. The molecule has 4 heteroatoms. The predicted molar refractivity (Wildman–Crippen MR) is 82.7 cm³/mol. The van der Waals surface area contributed by atoms with Gasteiger partial charge in [0.05, 0.1) is 6.61 Å². The van der Waals surface area contributed by atoms with Crippen LogP contribution in [0.25, 0.3) is 0 Å². The monoisotopic (exact) mass is 289 g/mol. The largest absolute Gasteiger partial charge is 0.490 e. The van der Waals surface area contributed by atoms with Crippen LogP contribution in [0.4, 0.5) is 0 Å². The first-order chi connectivity index (χ1) is 10.1. The topological polar surface area (TPSA) is 50.9 Å². The maximum Gasteiger partial charge on any atom is 0.243 e. The SMILES string of the molecule is C=CC(=O)NCCCc1cc(C)c(OCC2CO2)c(C)c1. The van der Waals surface area contributed by atoms with Crippen molar-refractivity contribution >= 4 is 5.91 Å². The minimum atomic E-state index is -0.117. The third-order valence-electron chi connectivity index (χ3n) is 3.46. The van der Waals surface area contributed by atoms with Crippen LogP contribution in [0, 0.1) is 13.8 Å². The van der Waals surface area contributed by atoms with Gasteiger partial charge in [-0.3, -0.25) is 4.79 Å². The van der Waals surface area contributed by atoms with Crippen LogP contribution in [0.2, 0.25) is 0 Å². The Kier molecular flexibility index (Phi) is 5.39. The number of hydrogen-bond acceptors (Lipinski definition) is 3.